The first-order valence-electron chi connectivity index (χ1n) is 4.92. The van der Waals surface area contributed by atoms with Crippen LogP contribution in [0.2, 0.25) is 0 Å². The molecule has 2 aliphatic carbocycles. The Morgan fingerprint density at radius 3 is 2.43 bits per heavy atom. The Bertz CT molecular complexity index is 346. The number of carbonyl (C=O) groups excluding carboxylic acids is 1. The van der Waals surface area contributed by atoms with E-state index in [2.05, 4.69) is 0 Å². The van der Waals surface area contributed by atoms with Crippen LogP contribution in [0.1, 0.15) is 25.7 Å². The minimum Gasteiger partial charge on any atom is -0.748 e. The Kier molecular flexibility index (Phi) is 2.39. The van der Waals surface area contributed by atoms with Crippen LogP contribution in [-0.2, 0) is 14.9 Å². The molecule has 0 spiro atoms. The van der Waals surface area contributed by atoms with Crippen molar-refractivity contribution in [3.63, 3.8) is 0 Å². The zero-order valence-electron chi connectivity index (χ0n) is 7.81. The summed E-state index contributed by atoms with van der Waals surface area (Å²) >= 11 is 0. The highest BCUT2D eigenvalue weighted by molar-refractivity contribution is 7.86. The number of hydrogen-bond acceptors (Lipinski definition) is 4. The van der Waals surface area contributed by atoms with Gasteiger partial charge in [-0.15, -0.1) is 0 Å². The average molecular weight is 217 g/mol. The van der Waals surface area contributed by atoms with Crippen LogP contribution in [0.4, 0.5) is 0 Å². The molecule has 2 fully saturated rings. The Hall–Kier alpha value is -0.420. The highest BCUT2D eigenvalue weighted by atomic mass is 32.2. The SMILES string of the molecule is O=C(CS(=O)(=O)[O-])C1CC2CCC1C2. The highest BCUT2D eigenvalue weighted by Crippen LogP contribution is 2.48. The summed E-state index contributed by atoms with van der Waals surface area (Å²) in [6.07, 6.45) is 4.05. The monoisotopic (exact) mass is 217 g/mol. The van der Waals surface area contributed by atoms with E-state index in [1.807, 2.05) is 0 Å². The molecule has 0 heterocycles. The molecule has 0 N–H and O–H groups in total. The molecule has 3 unspecified atom stereocenters. The van der Waals surface area contributed by atoms with Gasteiger partial charge in [-0.3, -0.25) is 4.79 Å². The molecule has 0 aromatic rings. The third-order valence-corrected chi connectivity index (χ3v) is 4.11. The maximum atomic E-state index is 11.5. The van der Waals surface area contributed by atoms with E-state index in [1.54, 1.807) is 0 Å². The van der Waals surface area contributed by atoms with Crippen molar-refractivity contribution in [1.29, 1.82) is 0 Å². The molecule has 5 heteroatoms. The van der Waals surface area contributed by atoms with Crippen LogP contribution in [0.5, 0.6) is 0 Å². The molecule has 2 saturated carbocycles. The average Bonchev–Trinajstić information content (AvgIpc) is 2.59. The second kappa shape index (κ2) is 3.31. The summed E-state index contributed by atoms with van der Waals surface area (Å²) < 4.78 is 31.3. The molecule has 2 aliphatic rings. The van der Waals surface area contributed by atoms with Crippen LogP contribution in [0.25, 0.3) is 0 Å². The van der Waals surface area contributed by atoms with Crippen molar-refractivity contribution in [2.24, 2.45) is 17.8 Å². The zero-order chi connectivity index (χ0) is 10.3. The second-order valence-corrected chi connectivity index (χ2v) is 5.85. The molecular formula is C9H13O4S-. The minimum atomic E-state index is -4.38. The molecule has 0 saturated heterocycles. The number of hydrogen-bond donors (Lipinski definition) is 0. The van der Waals surface area contributed by atoms with Gasteiger partial charge < -0.3 is 4.55 Å². The summed E-state index contributed by atoms with van der Waals surface area (Å²) in [5, 5.41) is 0. The number of carbonyl (C=O) groups is 1. The Morgan fingerprint density at radius 1 is 1.29 bits per heavy atom. The van der Waals surface area contributed by atoms with Gasteiger partial charge in [0.15, 0.2) is 0 Å². The van der Waals surface area contributed by atoms with Gasteiger partial charge in [-0.1, -0.05) is 6.42 Å². The van der Waals surface area contributed by atoms with E-state index >= 15 is 0 Å². The quantitative estimate of drug-likeness (QED) is 0.646. The number of rotatable bonds is 3. The van der Waals surface area contributed by atoms with E-state index in [0.29, 0.717) is 11.8 Å². The molecule has 0 aliphatic heterocycles. The van der Waals surface area contributed by atoms with Gasteiger partial charge in [0.25, 0.3) is 0 Å². The smallest absolute Gasteiger partial charge is 0.150 e. The molecule has 3 atom stereocenters. The highest BCUT2D eigenvalue weighted by Gasteiger charge is 2.42. The first-order chi connectivity index (χ1) is 6.46. The summed E-state index contributed by atoms with van der Waals surface area (Å²) in [5.41, 5.74) is 0. The van der Waals surface area contributed by atoms with E-state index in [-0.39, 0.29) is 11.7 Å². The number of Topliss-reactive ketones (excluding diaryl/α,β-unsaturated/α-hetero) is 1. The molecule has 2 bridgehead atoms. The van der Waals surface area contributed by atoms with E-state index < -0.39 is 15.9 Å². The van der Waals surface area contributed by atoms with Gasteiger partial charge in [-0.05, 0) is 31.1 Å². The molecule has 4 nitrogen and oxygen atoms in total. The normalized spacial score (nSPS) is 36.2. The van der Waals surface area contributed by atoms with Crippen molar-refractivity contribution in [2.75, 3.05) is 5.75 Å². The van der Waals surface area contributed by atoms with Gasteiger partial charge in [0, 0.05) is 5.92 Å². The van der Waals surface area contributed by atoms with Crippen molar-refractivity contribution >= 4 is 15.9 Å². The zero-order valence-corrected chi connectivity index (χ0v) is 8.63. The first-order valence-corrected chi connectivity index (χ1v) is 6.50. The fraction of sp³-hybridized carbons (Fsp3) is 0.889. The van der Waals surface area contributed by atoms with E-state index in [1.165, 1.54) is 6.42 Å². The number of ketones is 1. The van der Waals surface area contributed by atoms with Crippen LogP contribution >= 0.6 is 0 Å². The second-order valence-electron chi connectivity index (χ2n) is 4.45. The van der Waals surface area contributed by atoms with Crippen molar-refractivity contribution in [3.05, 3.63) is 0 Å². The third kappa shape index (κ3) is 1.98. The lowest BCUT2D eigenvalue weighted by Crippen LogP contribution is -2.27. The Balaban J connectivity index is 2.00. The number of fused-ring (bicyclic) bond motifs is 2. The van der Waals surface area contributed by atoms with Crippen molar-refractivity contribution < 1.29 is 17.8 Å². The predicted molar refractivity (Wildman–Crippen MR) is 48.5 cm³/mol. The molecule has 2 rings (SSSR count). The summed E-state index contributed by atoms with van der Waals surface area (Å²) in [7, 11) is -4.38. The largest absolute Gasteiger partial charge is 0.748 e. The predicted octanol–water partition coefficient (Wildman–Crippen LogP) is 0.537. The lowest BCUT2D eigenvalue weighted by Gasteiger charge is -2.20. The van der Waals surface area contributed by atoms with Gasteiger partial charge in [0.2, 0.25) is 0 Å². The van der Waals surface area contributed by atoms with Crippen LogP contribution in [0.15, 0.2) is 0 Å². The fourth-order valence-electron chi connectivity index (χ4n) is 2.92. The van der Waals surface area contributed by atoms with E-state index in [4.69, 9.17) is 0 Å². The molecule has 80 valence electrons. The van der Waals surface area contributed by atoms with Gasteiger partial charge >= 0.3 is 0 Å². The first kappa shape index (κ1) is 10.1. The van der Waals surface area contributed by atoms with Gasteiger partial charge in [0.05, 0.1) is 5.75 Å². The molecule has 14 heavy (non-hydrogen) atoms. The molecular weight excluding hydrogens is 204 g/mol. The van der Waals surface area contributed by atoms with Gasteiger partial charge in [0.1, 0.15) is 15.9 Å². The standard InChI is InChI=1S/C9H14O4S/c10-9(5-14(11,12)13)8-4-6-1-2-7(8)3-6/h6-8H,1-5H2,(H,11,12,13)/p-1. The maximum absolute atomic E-state index is 11.5. The lowest BCUT2D eigenvalue weighted by atomic mass is 9.86. The molecule has 0 radical (unpaired) electrons. The maximum Gasteiger partial charge on any atom is 0.150 e. The Labute approximate surface area is 83.4 Å². The van der Waals surface area contributed by atoms with E-state index in [0.717, 1.165) is 19.3 Å². The topological polar surface area (TPSA) is 74.3 Å². The summed E-state index contributed by atoms with van der Waals surface area (Å²) in [6.45, 7) is 0. The van der Waals surface area contributed by atoms with Crippen molar-refractivity contribution in [2.45, 2.75) is 25.7 Å². The van der Waals surface area contributed by atoms with E-state index in [9.17, 15) is 17.8 Å². The third-order valence-electron chi connectivity index (χ3n) is 3.47. The minimum absolute atomic E-state index is 0.141. The summed E-state index contributed by atoms with van der Waals surface area (Å²) in [4.78, 5) is 11.5. The fourth-order valence-corrected chi connectivity index (χ4v) is 3.48. The summed E-state index contributed by atoms with van der Waals surface area (Å²) in [5.74, 6) is -0.344. The van der Waals surface area contributed by atoms with Gasteiger partial charge in [-0.25, -0.2) is 8.42 Å². The van der Waals surface area contributed by atoms with Crippen LogP contribution in [0, 0.1) is 17.8 Å². The lowest BCUT2D eigenvalue weighted by molar-refractivity contribution is -0.121. The summed E-state index contributed by atoms with van der Waals surface area (Å²) in [6, 6.07) is 0. The van der Waals surface area contributed by atoms with Crippen LogP contribution in [-0.4, -0.2) is 24.5 Å². The molecule has 0 aromatic carbocycles. The van der Waals surface area contributed by atoms with Crippen molar-refractivity contribution in [3.8, 4) is 0 Å². The van der Waals surface area contributed by atoms with Crippen LogP contribution < -0.4 is 0 Å². The Morgan fingerprint density at radius 2 is 2.00 bits per heavy atom. The van der Waals surface area contributed by atoms with Crippen molar-refractivity contribution in [1.82, 2.24) is 0 Å². The van der Waals surface area contributed by atoms with Gasteiger partial charge in [-0.2, -0.15) is 0 Å². The van der Waals surface area contributed by atoms with Crippen LogP contribution in [0.3, 0.4) is 0 Å². The molecule has 0 aromatic heterocycles. The molecule has 0 amide bonds.